The van der Waals surface area contributed by atoms with Crippen LogP contribution in [0.2, 0.25) is 0 Å². The first-order chi connectivity index (χ1) is 11.0. The molecule has 0 spiro atoms. The summed E-state index contributed by atoms with van der Waals surface area (Å²) in [6.45, 7) is -0.162. The predicted molar refractivity (Wildman–Crippen MR) is 86.2 cm³/mol. The molecule has 0 radical (unpaired) electrons. The van der Waals surface area contributed by atoms with Gasteiger partial charge in [-0.2, -0.15) is 0 Å². The molecule has 124 valence electrons. The van der Waals surface area contributed by atoms with E-state index in [2.05, 4.69) is 5.32 Å². The Hall–Kier alpha value is -2.08. The first-order valence-electron chi connectivity index (χ1n) is 8.07. The minimum Gasteiger partial charge on any atom is -0.484 e. The van der Waals surface area contributed by atoms with Gasteiger partial charge in [-0.05, 0) is 49.9 Å². The number of nitrogens with one attached hydrogen (secondary N) is 1. The second kappa shape index (κ2) is 6.58. The van der Waals surface area contributed by atoms with E-state index in [1.54, 1.807) is 24.3 Å². The number of ether oxygens (including phenoxy) is 1. The molecule has 2 atom stereocenters. The monoisotopic (exact) mass is 317 g/mol. The molecule has 2 amide bonds. The highest BCUT2D eigenvalue weighted by molar-refractivity contribution is 5.94. The molecule has 2 aliphatic heterocycles. The van der Waals surface area contributed by atoms with Gasteiger partial charge in [-0.25, -0.2) is 0 Å². The van der Waals surface area contributed by atoms with Gasteiger partial charge in [0.05, 0.1) is 0 Å². The lowest BCUT2D eigenvalue weighted by atomic mass is 9.98. The van der Waals surface area contributed by atoms with Crippen molar-refractivity contribution >= 4 is 11.8 Å². The molecule has 0 aliphatic carbocycles. The normalized spacial score (nSPS) is 25.9. The van der Waals surface area contributed by atoms with E-state index in [0.717, 1.165) is 12.8 Å². The lowest BCUT2D eigenvalue weighted by Gasteiger charge is -2.35. The van der Waals surface area contributed by atoms with Crippen molar-refractivity contribution in [2.24, 2.45) is 5.73 Å². The number of fused-ring (bicyclic) bond motifs is 2. The zero-order chi connectivity index (χ0) is 16.4. The largest absolute Gasteiger partial charge is 0.484 e. The van der Waals surface area contributed by atoms with Gasteiger partial charge >= 0.3 is 0 Å². The number of amides is 2. The molecular formula is C17H23N3O3. The van der Waals surface area contributed by atoms with Crippen LogP contribution in [0.3, 0.4) is 0 Å². The van der Waals surface area contributed by atoms with E-state index in [0.29, 0.717) is 29.4 Å². The molecule has 2 aliphatic rings. The van der Waals surface area contributed by atoms with Gasteiger partial charge in [0.15, 0.2) is 6.61 Å². The number of piperidine rings is 1. The quantitative estimate of drug-likeness (QED) is 0.845. The average molecular weight is 317 g/mol. The van der Waals surface area contributed by atoms with Crippen molar-refractivity contribution in [3.63, 3.8) is 0 Å². The number of rotatable bonds is 5. The van der Waals surface area contributed by atoms with Crippen LogP contribution in [0.25, 0.3) is 0 Å². The summed E-state index contributed by atoms with van der Waals surface area (Å²) in [5.41, 5.74) is 5.67. The van der Waals surface area contributed by atoms with Crippen LogP contribution < -0.4 is 15.8 Å². The number of carbonyl (C=O) groups is 2. The maximum atomic E-state index is 12.6. The van der Waals surface area contributed by atoms with Crippen molar-refractivity contribution in [2.75, 3.05) is 13.7 Å². The third-order valence-corrected chi connectivity index (χ3v) is 4.80. The molecule has 0 aromatic heterocycles. The summed E-state index contributed by atoms with van der Waals surface area (Å²) in [5.74, 6) is 0.0334. The second-order valence-electron chi connectivity index (χ2n) is 6.46. The van der Waals surface area contributed by atoms with Crippen molar-refractivity contribution in [3.8, 4) is 5.75 Å². The molecule has 1 aromatic carbocycles. The minimum absolute atomic E-state index is 0.0257. The Labute approximate surface area is 136 Å². The molecule has 1 aromatic rings. The Kier molecular flexibility index (Phi) is 4.52. The molecule has 2 unspecified atom stereocenters. The number of hydrogen-bond acceptors (Lipinski definition) is 4. The minimum atomic E-state index is -0.523. The van der Waals surface area contributed by atoms with Crippen molar-refractivity contribution in [1.29, 1.82) is 0 Å². The van der Waals surface area contributed by atoms with Gasteiger partial charge in [0, 0.05) is 30.7 Å². The fourth-order valence-electron chi connectivity index (χ4n) is 3.56. The lowest BCUT2D eigenvalue weighted by molar-refractivity contribution is -0.119. The molecule has 2 fully saturated rings. The molecule has 23 heavy (non-hydrogen) atoms. The van der Waals surface area contributed by atoms with E-state index >= 15 is 0 Å². The van der Waals surface area contributed by atoms with Crippen LogP contribution in [-0.2, 0) is 4.79 Å². The third kappa shape index (κ3) is 3.64. The molecule has 2 heterocycles. The fraction of sp³-hybridized carbons (Fsp3) is 0.529. The highest BCUT2D eigenvalue weighted by Crippen LogP contribution is 2.30. The zero-order valence-electron chi connectivity index (χ0n) is 13.3. The van der Waals surface area contributed by atoms with E-state index in [-0.39, 0.29) is 12.5 Å². The van der Waals surface area contributed by atoms with Gasteiger partial charge in [-0.15, -0.1) is 0 Å². The first kappa shape index (κ1) is 15.8. The van der Waals surface area contributed by atoms with Gasteiger partial charge in [-0.1, -0.05) is 0 Å². The van der Waals surface area contributed by atoms with Gasteiger partial charge in [0.1, 0.15) is 5.75 Å². The third-order valence-electron chi connectivity index (χ3n) is 4.80. The zero-order valence-corrected chi connectivity index (χ0v) is 13.3. The number of carbonyl (C=O) groups excluding carboxylic acids is 2. The SMILES string of the molecule is CN(C(=O)c1ccc(OCC(N)=O)cc1)C1CC2CCC(C1)N2. The van der Waals surface area contributed by atoms with Crippen LogP contribution in [0, 0.1) is 0 Å². The summed E-state index contributed by atoms with van der Waals surface area (Å²) < 4.78 is 5.21. The van der Waals surface area contributed by atoms with Crippen molar-refractivity contribution in [1.82, 2.24) is 10.2 Å². The number of hydrogen-bond donors (Lipinski definition) is 2. The number of nitrogens with two attached hydrogens (primary N) is 1. The van der Waals surface area contributed by atoms with Crippen LogP contribution in [-0.4, -0.2) is 48.5 Å². The van der Waals surface area contributed by atoms with E-state index < -0.39 is 5.91 Å². The van der Waals surface area contributed by atoms with Gasteiger partial charge in [-0.3, -0.25) is 9.59 Å². The molecule has 0 saturated carbocycles. The summed E-state index contributed by atoms with van der Waals surface area (Å²) in [4.78, 5) is 25.2. The summed E-state index contributed by atoms with van der Waals surface area (Å²) >= 11 is 0. The predicted octanol–water partition coefficient (Wildman–Crippen LogP) is 0.906. The molecule has 6 heteroatoms. The maximum Gasteiger partial charge on any atom is 0.255 e. The molecule has 2 saturated heterocycles. The highest BCUT2D eigenvalue weighted by Gasteiger charge is 2.36. The van der Waals surface area contributed by atoms with Gasteiger partial charge in [0.2, 0.25) is 0 Å². The molecule has 3 rings (SSSR count). The van der Waals surface area contributed by atoms with Crippen LogP contribution in [0.15, 0.2) is 24.3 Å². The molecular weight excluding hydrogens is 294 g/mol. The summed E-state index contributed by atoms with van der Waals surface area (Å²) in [6.07, 6.45) is 4.49. The van der Waals surface area contributed by atoms with Crippen molar-refractivity contribution in [2.45, 2.75) is 43.8 Å². The number of primary amides is 1. The Balaban J connectivity index is 1.61. The van der Waals surface area contributed by atoms with Crippen LogP contribution in [0.5, 0.6) is 5.75 Å². The molecule has 2 bridgehead atoms. The van der Waals surface area contributed by atoms with E-state index in [9.17, 15) is 9.59 Å². The smallest absolute Gasteiger partial charge is 0.255 e. The Morgan fingerprint density at radius 2 is 1.83 bits per heavy atom. The average Bonchev–Trinajstić information content (AvgIpc) is 2.90. The highest BCUT2D eigenvalue weighted by atomic mass is 16.5. The van der Waals surface area contributed by atoms with E-state index in [1.165, 1.54) is 12.8 Å². The topological polar surface area (TPSA) is 84.7 Å². The van der Waals surface area contributed by atoms with Crippen LogP contribution in [0.4, 0.5) is 0 Å². The summed E-state index contributed by atoms with van der Waals surface area (Å²) in [6, 6.07) is 8.24. The van der Waals surface area contributed by atoms with Gasteiger partial charge < -0.3 is 20.7 Å². The molecule has 6 nitrogen and oxygen atoms in total. The summed E-state index contributed by atoms with van der Waals surface area (Å²) in [7, 11) is 1.88. The van der Waals surface area contributed by atoms with Crippen molar-refractivity contribution in [3.05, 3.63) is 29.8 Å². The maximum absolute atomic E-state index is 12.6. The standard InChI is InChI=1S/C17H23N3O3/c1-20(14-8-12-4-5-13(9-14)19-12)17(22)11-2-6-15(7-3-11)23-10-16(18)21/h2-3,6-7,12-14,19H,4-5,8-10H2,1H3,(H2,18,21). The van der Waals surface area contributed by atoms with Crippen LogP contribution in [0.1, 0.15) is 36.0 Å². The number of nitrogens with zero attached hydrogens (tertiary/aromatic N) is 1. The van der Waals surface area contributed by atoms with E-state index in [1.807, 2.05) is 11.9 Å². The van der Waals surface area contributed by atoms with Crippen molar-refractivity contribution < 1.29 is 14.3 Å². The Morgan fingerprint density at radius 3 is 2.39 bits per heavy atom. The first-order valence-corrected chi connectivity index (χ1v) is 8.07. The summed E-state index contributed by atoms with van der Waals surface area (Å²) in [5, 5.41) is 3.59. The van der Waals surface area contributed by atoms with Crippen LogP contribution >= 0.6 is 0 Å². The fourth-order valence-corrected chi connectivity index (χ4v) is 3.56. The Morgan fingerprint density at radius 1 is 1.22 bits per heavy atom. The Bertz CT molecular complexity index is 575. The number of benzene rings is 1. The van der Waals surface area contributed by atoms with Gasteiger partial charge in [0.25, 0.3) is 11.8 Å². The lowest BCUT2D eigenvalue weighted by Crippen LogP contribution is -2.48. The second-order valence-corrected chi connectivity index (χ2v) is 6.46. The molecule has 3 N–H and O–H groups in total. The van der Waals surface area contributed by atoms with E-state index in [4.69, 9.17) is 10.5 Å².